The van der Waals surface area contributed by atoms with E-state index in [1.165, 1.54) is 32.4 Å². The Morgan fingerprint density at radius 1 is 0.875 bits per heavy atom. The number of nitrogens with two attached hydrogens (primary N) is 1. The van der Waals surface area contributed by atoms with Crippen LogP contribution < -0.4 is 11.1 Å². The molecule has 1 saturated heterocycles. The molecule has 2 aromatic rings. The van der Waals surface area contributed by atoms with Crippen LogP contribution in [-0.2, 0) is 9.78 Å². The molecule has 0 unspecified atom stereocenters. The van der Waals surface area contributed by atoms with Crippen molar-refractivity contribution in [3.8, 4) is 0 Å². The maximum Gasteiger partial charge on any atom is 0.436 e. The third kappa shape index (κ3) is 6.40. The van der Waals surface area contributed by atoms with E-state index in [1.807, 2.05) is 60.7 Å². The Hall–Kier alpha value is -2.37. The zero-order valence-corrected chi connectivity index (χ0v) is 13.7. The maximum absolute atomic E-state index is 10.6. The molecule has 128 valence electrons. The third-order valence-electron chi connectivity index (χ3n) is 3.64. The lowest BCUT2D eigenvalue weighted by Crippen LogP contribution is -2.21. The second-order valence-corrected chi connectivity index (χ2v) is 5.51. The quantitative estimate of drug-likeness (QED) is 0.665. The summed E-state index contributed by atoms with van der Waals surface area (Å²) < 4.78 is 0. The highest BCUT2D eigenvalue weighted by atomic mass is 17.2. The first-order valence-electron chi connectivity index (χ1n) is 8.21. The molecule has 0 aliphatic carbocycles. The lowest BCUT2D eigenvalue weighted by Gasteiger charge is -2.16. The van der Waals surface area contributed by atoms with Crippen molar-refractivity contribution >= 4 is 6.09 Å². The van der Waals surface area contributed by atoms with E-state index in [1.54, 1.807) is 0 Å². The average Bonchev–Trinajstić information content (AvgIpc) is 2.65. The Balaban J connectivity index is 0.000000292. The molecule has 1 aliphatic heterocycles. The van der Waals surface area contributed by atoms with Crippen molar-refractivity contribution in [2.24, 2.45) is 5.73 Å². The molecule has 0 aromatic heterocycles. The second-order valence-electron chi connectivity index (χ2n) is 5.51. The standard InChI is InChI=1S/C14H13NO3.C5H11N/c15-14(16)18-17-13(11-7-3-1-4-8-11)12-9-5-2-6-10-12;1-2-4-6-5-3-1/h1-10,13H,(H2,15,16);6H,1-5H2. The van der Waals surface area contributed by atoms with Gasteiger partial charge in [0.2, 0.25) is 0 Å². The fourth-order valence-electron chi connectivity index (χ4n) is 2.46. The smallest absolute Gasteiger partial charge is 0.333 e. The zero-order chi connectivity index (χ0) is 17.0. The minimum atomic E-state index is -0.966. The Kier molecular flexibility index (Phi) is 7.80. The summed E-state index contributed by atoms with van der Waals surface area (Å²) in [5.41, 5.74) is 6.67. The highest BCUT2D eigenvalue weighted by Crippen LogP contribution is 2.25. The van der Waals surface area contributed by atoms with E-state index in [4.69, 9.17) is 10.6 Å². The number of piperidine rings is 1. The molecule has 2 aromatic carbocycles. The third-order valence-corrected chi connectivity index (χ3v) is 3.64. The highest BCUT2D eigenvalue weighted by molar-refractivity contribution is 5.63. The Bertz CT molecular complexity index is 535. The first kappa shape index (κ1) is 18.0. The molecule has 1 heterocycles. The van der Waals surface area contributed by atoms with Gasteiger partial charge in [0.15, 0.2) is 6.10 Å². The van der Waals surface area contributed by atoms with Crippen LogP contribution in [0.25, 0.3) is 0 Å². The van der Waals surface area contributed by atoms with E-state index in [2.05, 4.69) is 10.2 Å². The predicted molar refractivity (Wildman–Crippen MR) is 93.2 cm³/mol. The summed E-state index contributed by atoms with van der Waals surface area (Å²) in [5.74, 6) is 0. The summed E-state index contributed by atoms with van der Waals surface area (Å²) in [4.78, 5) is 20.2. The van der Waals surface area contributed by atoms with Gasteiger partial charge in [-0.05, 0) is 37.1 Å². The normalized spacial score (nSPS) is 13.7. The Morgan fingerprint density at radius 3 is 1.71 bits per heavy atom. The number of hydrogen-bond donors (Lipinski definition) is 2. The molecule has 0 bridgehead atoms. The Labute approximate surface area is 142 Å². The topological polar surface area (TPSA) is 73.6 Å². The van der Waals surface area contributed by atoms with Crippen LogP contribution in [0.1, 0.15) is 36.5 Å². The van der Waals surface area contributed by atoms with Gasteiger partial charge >= 0.3 is 6.09 Å². The molecule has 0 spiro atoms. The van der Waals surface area contributed by atoms with Crippen molar-refractivity contribution in [3.63, 3.8) is 0 Å². The average molecular weight is 328 g/mol. The molecule has 0 atom stereocenters. The van der Waals surface area contributed by atoms with Crippen molar-refractivity contribution in [2.45, 2.75) is 25.4 Å². The molecule has 1 fully saturated rings. The number of carbonyl (C=O) groups is 1. The summed E-state index contributed by atoms with van der Waals surface area (Å²) in [6, 6.07) is 18.9. The van der Waals surface area contributed by atoms with Crippen LogP contribution >= 0.6 is 0 Å². The van der Waals surface area contributed by atoms with Gasteiger partial charge in [0, 0.05) is 0 Å². The molecule has 0 saturated carbocycles. The number of benzene rings is 2. The van der Waals surface area contributed by atoms with E-state index in [0.717, 1.165) is 11.1 Å². The number of rotatable bonds is 4. The first-order chi connectivity index (χ1) is 11.8. The number of hydrogen-bond acceptors (Lipinski definition) is 4. The summed E-state index contributed by atoms with van der Waals surface area (Å²) >= 11 is 0. The van der Waals surface area contributed by atoms with E-state index in [-0.39, 0.29) is 0 Å². The van der Waals surface area contributed by atoms with Crippen LogP contribution in [0.3, 0.4) is 0 Å². The molecular formula is C19H24N2O3. The SMILES string of the molecule is C1CCNCC1.NC(=O)OOC(c1ccccc1)c1ccccc1. The molecule has 5 nitrogen and oxygen atoms in total. The maximum atomic E-state index is 10.6. The predicted octanol–water partition coefficient (Wildman–Crippen LogP) is 3.56. The minimum Gasteiger partial charge on any atom is -0.333 e. The van der Waals surface area contributed by atoms with Crippen LogP contribution in [0.15, 0.2) is 60.7 Å². The van der Waals surface area contributed by atoms with Crippen molar-refractivity contribution in [1.82, 2.24) is 5.32 Å². The van der Waals surface area contributed by atoms with Gasteiger partial charge in [-0.2, -0.15) is 4.89 Å². The van der Waals surface area contributed by atoms with Gasteiger partial charge in [0.1, 0.15) is 0 Å². The molecule has 3 rings (SSSR count). The van der Waals surface area contributed by atoms with Gasteiger partial charge in [-0.3, -0.25) is 4.89 Å². The zero-order valence-electron chi connectivity index (χ0n) is 13.7. The van der Waals surface area contributed by atoms with Crippen molar-refractivity contribution in [2.75, 3.05) is 13.1 Å². The summed E-state index contributed by atoms with van der Waals surface area (Å²) in [7, 11) is 0. The minimum absolute atomic E-state index is 0.486. The number of primary amides is 1. The molecule has 24 heavy (non-hydrogen) atoms. The van der Waals surface area contributed by atoms with Gasteiger partial charge in [-0.25, -0.2) is 4.79 Å². The van der Waals surface area contributed by atoms with Crippen LogP contribution in [-0.4, -0.2) is 19.2 Å². The molecule has 1 aliphatic rings. The molecular weight excluding hydrogens is 304 g/mol. The lowest BCUT2D eigenvalue weighted by atomic mass is 10.0. The van der Waals surface area contributed by atoms with Gasteiger partial charge < -0.3 is 11.1 Å². The monoisotopic (exact) mass is 328 g/mol. The van der Waals surface area contributed by atoms with E-state index in [9.17, 15) is 4.79 Å². The van der Waals surface area contributed by atoms with E-state index in [0.29, 0.717) is 0 Å². The second kappa shape index (κ2) is 10.4. The van der Waals surface area contributed by atoms with Gasteiger partial charge in [-0.15, -0.1) is 0 Å². The number of carbonyl (C=O) groups excluding carboxylic acids is 1. The van der Waals surface area contributed by atoms with Gasteiger partial charge in [0.25, 0.3) is 0 Å². The van der Waals surface area contributed by atoms with E-state index >= 15 is 0 Å². The molecule has 5 heteroatoms. The first-order valence-corrected chi connectivity index (χ1v) is 8.21. The van der Waals surface area contributed by atoms with Crippen molar-refractivity contribution in [1.29, 1.82) is 0 Å². The van der Waals surface area contributed by atoms with Gasteiger partial charge in [0.05, 0.1) is 0 Å². The fourth-order valence-corrected chi connectivity index (χ4v) is 2.46. The fraction of sp³-hybridized carbons (Fsp3) is 0.316. The molecule has 1 amide bonds. The Morgan fingerprint density at radius 2 is 1.38 bits per heavy atom. The summed E-state index contributed by atoms with van der Waals surface area (Å²) in [6.07, 6.45) is 2.76. The highest BCUT2D eigenvalue weighted by Gasteiger charge is 2.16. The molecule has 0 radical (unpaired) electrons. The van der Waals surface area contributed by atoms with Crippen LogP contribution in [0.2, 0.25) is 0 Å². The van der Waals surface area contributed by atoms with Gasteiger partial charge in [-0.1, -0.05) is 67.1 Å². The largest absolute Gasteiger partial charge is 0.436 e. The number of nitrogens with one attached hydrogen (secondary N) is 1. The van der Waals surface area contributed by atoms with Crippen molar-refractivity contribution in [3.05, 3.63) is 71.8 Å². The lowest BCUT2D eigenvalue weighted by molar-refractivity contribution is -0.263. The van der Waals surface area contributed by atoms with Crippen LogP contribution in [0.5, 0.6) is 0 Å². The van der Waals surface area contributed by atoms with Crippen molar-refractivity contribution < 1.29 is 14.6 Å². The number of amides is 1. The molecule has 3 N–H and O–H groups in total. The van der Waals surface area contributed by atoms with E-state index < -0.39 is 12.2 Å². The summed E-state index contributed by atoms with van der Waals surface area (Å²) in [6.45, 7) is 2.50. The summed E-state index contributed by atoms with van der Waals surface area (Å²) in [5, 5.41) is 3.28. The van der Waals surface area contributed by atoms with Crippen LogP contribution in [0, 0.1) is 0 Å². The van der Waals surface area contributed by atoms with Crippen LogP contribution in [0.4, 0.5) is 4.79 Å².